The molecular weight excluding hydrogens is 222 g/mol. The van der Waals surface area contributed by atoms with Crippen LogP contribution in [-0.4, -0.2) is 23.3 Å². The van der Waals surface area contributed by atoms with Crippen LogP contribution in [0.3, 0.4) is 0 Å². The molecule has 2 amide bonds. The summed E-state index contributed by atoms with van der Waals surface area (Å²) in [4.78, 5) is 17.3. The topological polar surface area (TPSA) is 58.7 Å². The Labute approximate surface area is 98.8 Å². The number of nitrogens with two attached hydrogens (primary N) is 1. The number of aliphatic imine (C=N–C) groups is 1. The van der Waals surface area contributed by atoms with Gasteiger partial charge in [-0.2, -0.15) is 16.3 Å². The number of thiophene rings is 1. The summed E-state index contributed by atoms with van der Waals surface area (Å²) in [6.07, 6.45) is 0. The van der Waals surface area contributed by atoms with Crippen LogP contribution in [0.2, 0.25) is 0 Å². The van der Waals surface area contributed by atoms with E-state index >= 15 is 0 Å². The predicted molar refractivity (Wildman–Crippen MR) is 65.6 cm³/mol. The molecule has 0 spiro atoms. The van der Waals surface area contributed by atoms with Crippen LogP contribution < -0.4 is 5.73 Å². The lowest BCUT2D eigenvalue weighted by Gasteiger charge is -2.25. The molecule has 1 atom stereocenters. The molecule has 0 radical (unpaired) electrons. The van der Waals surface area contributed by atoms with Gasteiger partial charge in [0.15, 0.2) is 0 Å². The molecule has 0 aliphatic carbocycles. The summed E-state index contributed by atoms with van der Waals surface area (Å²) in [6, 6.07) is 1.60. The van der Waals surface area contributed by atoms with E-state index in [0.717, 1.165) is 5.56 Å². The van der Waals surface area contributed by atoms with Gasteiger partial charge in [0.1, 0.15) is 11.9 Å². The second kappa shape index (κ2) is 4.25. The van der Waals surface area contributed by atoms with E-state index in [-0.39, 0.29) is 12.1 Å². The third kappa shape index (κ3) is 1.95. The summed E-state index contributed by atoms with van der Waals surface area (Å²) in [7, 11) is 0. The molecule has 16 heavy (non-hydrogen) atoms. The van der Waals surface area contributed by atoms with Crippen molar-refractivity contribution in [2.75, 3.05) is 6.54 Å². The van der Waals surface area contributed by atoms with E-state index in [1.807, 2.05) is 16.8 Å². The number of rotatable bonds is 3. The van der Waals surface area contributed by atoms with Crippen molar-refractivity contribution in [2.45, 2.75) is 19.9 Å². The number of amidine groups is 1. The van der Waals surface area contributed by atoms with E-state index in [1.165, 1.54) is 0 Å². The normalized spacial score (nSPS) is 20.7. The Kier molecular flexibility index (Phi) is 2.96. The Morgan fingerprint density at radius 2 is 2.38 bits per heavy atom. The van der Waals surface area contributed by atoms with Crippen molar-refractivity contribution in [1.29, 1.82) is 0 Å². The Balaban J connectivity index is 2.27. The highest BCUT2D eigenvalue weighted by molar-refractivity contribution is 7.08. The van der Waals surface area contributed by atoms with Crippen LogP contribution in [0.1, 0.15) is 25.5 Å². The molecule has 1 aliphatic rings. The highest BCUT2D eigenvalue weighted by atomic mass is 32.1. The van der Waals surface area contributed by atoms with Gasteiger partial charge in [-0.1, -0.05) is 13.8 Å². The maximum Gasteiger partial charge on any atom is 0.346 e. The summed E-state index contributed by atoms with van der Waals surface area (Å²) in [5, 5.41) is 4.00. The van der Waals surface area contributed by atoms with Gasteiger partial charge >= 0.3 is 6.03 Å². The minimum Gasteiger partial charge on any atom is -0.385 e. The zero-order valence-corrected chi connectivity index (χ0v) is 10.2. The SMILES string of the molecule is CC(C)CN1C(=O)N=C(N)C1c1ccsc1. The Morgan fingerprint density at radius 3 is 2.94 bits per heavy atom. The first kappa shape index (κ1) is 11.1. The first-order valence-corrected chi connectivity index (χ1v) is 6.20. The quantitative estimate of drug-likeness (QED) is 0.876. The van der Waals surface area contributed by atoms with Crippen molar-refractivity contribution in [1.82, 2.24) is 4.90 Å². The maximum atomic E-state index is 11.7. The summed E-state index contributed by atoms with van der Waals surface area (Å²) in [5.41, 5.74) is 6.87. The van der Waals surface area contributed by atoms with Crippen LogP contribution in [0, 0.1) is 5.92 Å². The molecule has 86 valence electrons. The molecule has 1 aromatic rings. The number of nitrogens with zero attached hydrogens (tertiary/aromatic N) is 2. The van der Waals surface area contributed by atoms with Gasteiger partial charge in [0.05, 0.1) is 0 Å². The van der Waals surface area contributed by atoms with Crippen molar-refractivity contribution in [3.63, 3.8) is 0 Å². The molecule has 2 rings (SSSR count). The number of amides is 2. The van der Waals surface area contributed by atoms with E-state index < -0.39 is 0 Å². The molecule has 4 nitrogen and oxygen atoms in total. The molecule has 5 heteroatoms. The molecule has 0 saturated heterocycles. The Hall–Kier alpha value is -1.36. The molecule has 0 aromatic carbocycles. The van der Waals surface area contributed by atoms with Gasteiger partial charge in [-0.25, -0.2) is 4.79 Å². The Bertz CT molecular complexity index is 411. The van der Waals surface area contributed by atoms with Crippen LogP contribution in [0.4, 0.5) is 4.79 Å². The fourth-order valence-corrected chi connectivity index (χ4v) is 2.54. The lowest BCUT2D eigenvalue weighted by molar-refractivity contribution is 0.199. The van der Waals surface area contributed by atoms with Crippen molar-refractivity contribution in [3.05, 3.63) is 22.4 Å². The fraction of sp³-hybridized carbons (Fsp3) is 0.455. The van der Waals surface area contributed by atoms with Gasteiger partial charge in [0.25, 0.3) is 0 Å². The molecule has 2 N–H and O–H groups in total. The molecular formula is C11H15N3OS. The summed E-state index contributed by atoms with van der Waals surface area (Å²) in [5.74, 6) is 0.815. The number of carbonyl (C=O) groups is 1. The van der Waals surface area contributed by atoms with E-state index in [2.05, 4.69) is 18.8 Å². The minimum absolute atomic E-state index is 0.166. The first-order valence-electron chi connectivity index (χ1n) is 5.26. The van der Waals surface area contributed by atoms with Crippen LogP contribution in [0.5, 0.6) is 0 Å². The highest BCUT2D eigenvalue weighted by Crippen LogP contribution is 2.28. The smallest absolute Gasteiger partial charge is 0.346 e. The summed E-state index contributed by atoms with van der Waals surface area (Å²) >= 11 is 1.60. The minimum atomic E-state index is -0.220. The lowest BCUT2D eigenvalue weighted by atomic mass is 10.1. The monoisotopic (exact) mass is 237 g/mol. The van der Waals surface area contributed by atoms with E-state index in [1.54, 1.807) is 16.2 Å². The van der Waals surface area contributed by atoms with Gasteiger partial charge in [0.2, 0.25) is 0 Å². The van der Waals surface area contributed by atoms with Gasteiger partial charge in [-0.15, -0.1) is 0 Å². The molecule has 2 heterocycles. The second-order valence-corrected chi connectivity index (χ2v) is 5.10. The Morgan fingerprint density at radius 1 is 1.62 bits per heavy atom. The van der Waals surface area contributed by atoms with Crippen molar-refractivity contribution in [3.8, 4) is 0 Å². The third-order valence-electron chi connectivity index (χ3n) is 2.48. The van der Waals surface area contributed by atoms with Gasteiger partial charge in [-0.05, 0) is 28.3 Å². The molecule has 0 saturated carbocycles. The number of hydrogen-bond donors (Lipinski definition) is 1. The average molecular weight is 237 g/mol. The summed E-state index contributed by atoms with van der Waals surface area (Å²) in [6.45, 7) is 4.84. The molecule has 1 unspecified atom stereocenters. The largest absolute Gasteiger partial charge is 0.385 e. The molecule has 0 fully saturated rings. The average Bonchev–Trinajstić information content (AvgIpc) is 2.75. The van der Waals surface area contributed by atoms with Crippen molar-refractivity contribution < 1.29 is 4.79 Å². The molecule has 1 aromatic heterocycles. The molecule has 1 aliphatic heterocycles. The van der Waals surface area contributed by atoms with Crippen LogP contribution >= 0.6 is 11.3 Å². The summed E-state index contributed by atoms with van der Waals surface area (Å²) < 4.78 is 0. The number of hydrogen-bond acceptors (Lipinski definition) is 3. The maximum absolute atomic E-state index is 11.7. The standard InChI is InChI=1S/C11H15N3OS/c1-7(2)5-14-9(8-3-4-16-6-8)10(12)13-11(14)15/h3-4,6-7,9H,5H2,1-2H3,(H2,12,13,15). The second-order valence-electron chi connectivity index (χ2n) is 4.32. The van der Waals surface area contributed by atoms with E-state index in [9.17, 15) is 4.79 Å². The van der Waals surface area contributed by atoms with Crippen LogP contribution in [-0.2, 0) is 0 Å². The van der Waals surface area contributed by atoms with E-state index in [4.69, 9.17) is 5.73 Å². The van der Waals surface area contributed by atoms with Gasteiger partial charge < -0.3 is 10.6 Å². The first-order chi connectivity index (χ1) is 7.59. The van der Waals surface area contributed by atoms with Crippen LogP contribution in [0.25, 0.3) is 0 Å². The van der Waals surface area contributed by atoms with Gasteiger partial charge in [-0.3, -0.25) is 0 Å². The molecule has 0 bridgehead atoms. The highest BCUT2D eigenvalue weighted by Gasteiger charge is 2.34. The zero-order valence-electron chi connectivity index (χ0n) is 9.38. The van der Waals surface area contributed by atoms with Gasteiger partial charge in [0, 0.05) is 6.54 Å². The third-order valence-corrected chi connectivity index (χ3v) is 3.18. The van der Waals surface area contributed by atoms with Crippen molar-refractivity contribution in [2.24, 2.45) is 16.6 Å². The number of carbonyl (C=O) groups excluding carboxylic acids is 1. The van der Waals surface area contributed by atoms with E-state index in [0.29, 0.717) is 18.3 Å². The fourth-order valence-electron chi connectivity index (χ4n) is 1.86. The number of urea groups is 1. The van der Waals surface area contributed by atoms with Crippen LogP contribution in [0.15, 0.2) is 21.8 Å². The lowest BCUT2D eigenvalue weighted by Crippen LogP contribution is -2.35. The predicted octanol–water partition coefficient (Wildman–Crippen LogP) is 2.24. The zero-order chi connectivity index (χ0) is 11.7. The van der Waals surface area contributed by atoms with Crippen molar-refractivity contribution >= 4 is 23.2 Å².